The van der Waals surface area contributed by atoms with Crippen molar-refractivity contribution in [2.45, 2.75) is 69.7 Å². The van der Waals surface area contributed by atoms with Crippen LogP contribution in [0, 0.1) is 5.92 Å². The zero-order chi connectivity index (χ0) is 20.2. The van der Waals surface area contributed by atoms with E-state index in [1.165, 1.54) is 29.5 Å². The van der Waals surface area contributed by atoms with Crippen LogP contribution in [-0.4, -0.2) is 35.1 Å². The van der Waals surface area contributed by atoms with Gasteiger partial charge in [0.05, 0.1) is 6.61 Å². The molecule has 28 heavy (non-hydrogen) atoms. The number of benzene rings is 1. The summed E-state index contributed by atoms with van der Waals surface area (Å²) in [6, 6.07) is 6.84. The predicted molar refractivity (Wildman–Crippen MR) is 109 cm³/mol. The van der Waals surface area contributed by atoms with E-state index < -0.39 is 13.4 Å². The molecule has 0 bridgehead atoms. The summed E-state index contributed by atoms with van der Waals surface area (Å²) in [5.41, 5.74) is 9.91. The molecule has 0 saturated heterocycles. The van der Waals surface area contributed by atoms with Crippen LogP contribution in [0.1, 0.15) is 68.1 Å². The van der Waals surface area contributed by atoms with E-state index in [0.29, 0.717) is 12.3 Å². The Hall–Kier alpha value is -0.750. The summed E-state index contributed by atoms with van der Waals surface area (Å²) in [6.45, 7) is 3.61. The summed E-state index contributed by atoms with van der Waals surface area (Å²) < 4.78 is 21.1. The van der Waals surface area contributed by atoms with Crippen LogP contribution in [-0.2, 0) is 26.7 Å². The van der Waals surface area contributed by atoms with Gasteiger partial charge in [0, 0.05) is 18.8 Å². The van der Waals surface area contributed by atoms with E-state index in [0.717, 1.165) is 51.2 Å². The summed E-state index contributed by atoms with van der Waals surface area (Å²) in [6.07, 6.45) is 8.25. The maximum Gasteiger partial charge on any atom is 0.469 e. The molecule has 6 nitrogen and oxygen atoms in total. The fourth-order valence-corrected chi connectivity index (χ4v) is 5.18. The fourth-order valence-electron chi connectivity index (χ4n) is 4.75. The van der Waals surface area contributed by atoms with Crippen molar-refractivity contribution >= 4 is 7.82 Å². The van der Waals surface area contributed by atoms with Crippen LogP contribution in [0.15, 0.2) is 18.2 Å². The second kappa shape index (κ2) is 9.38. The van der Waals surface area contributed by atoms with Crippen LogP contribution in [0.2, 0.25) is 0 Å². The molecule has 3 rings (SSSR count). The Morgan fingerprint density at radius 3 is 2.86 bits per heavy atom. The van der Waals surface area contributed by atoms with Crippen molar-refractivity contribution < 1.29 is 23.6 Å². The average Bonchev–Trinajstić information content (AvgIpc) is 3.05. The van der Waals surface area contributed by atoms with E-state index in [2.05, 4.69) is 22.7 Å². The van der Waals surface area contributed by atoms with E-state index in [1.807, 2.05) is 6.92 Å². The largest absolute Gasteiger partial charge is 0.469 e. The molecule has 0 unspecified atom stereocenters. The van der Waals surface area contributed by atoms with Crippen molar-refractivity contribution in [1.29, 1.82) is 0 Å². The van der Waals surface area contributed by atoms with Crippen molar-refractivity contribution in [3.8, 4) is 0 Å². The molecule has 0 heterocycles. The lowest BCUT2D eigenvalue weighted by atomic mass is 9.80. The van der Waals surface area contributed by atoms with Crippen LogP contribution >= 0.6 is 7.82 Å². The minimum Gasteiger partial charge on any atom is -0.382 e. The standard InChI is InChI=1S/C21H34NO5P/c1-2-26-11-3-4-16-5-6-18-13-19(8-7-17(18)12-16)20-9-10-21(22,14-20)15-27-28(23,24)25/h7-8,13,16,20H,2-6,9-12,14-15,22H2,1H3,(H2,23,24,25)/t16-,20-,21+/m0/s1. The lowest BCUT2D eigenvalue weighted by Gasteiger charge is -2.26. The highest BCUT2D eigenvalue weighted by Crippen LogP contribution is 2.44. The quantitative estimate of drug-likeness (QED) is 0.423. The van der Waals surface area contributed by atoms with Crippen LogP contribution in [0.3, 0.4) is 0 Å². The summed E-state index contributed by atoms with van der Waals surface area (Å²) in [7, 11) is -4.47. The van der Waals surface area contributed by atoms with E-state index in [9.17, 15) is 4.57 Å². The number of phosphoric ester groups is 1. The molecule has 0 amide bonds. The lowest BCUT2D eigenvalue weighted by molar-refractivity contribution is 0.138. The third-order valence-electron chi connectivity index (χ3n) is 6.30. The number of nitrogens with two attached hydrogens (primary N) is 1. The zero-order valence-electron chi connectivity index (χ0n) is 16.8. The van der Waals surface area contributed by atoms with Gasteiger partial charge in [0.25, 0.3) is 0 Å². The van der Waals surface area contributed by atoms with Gasteiger partial charge in [-0.3, -0.25) is 4.52 Å². The third-order valence-corrected chi connectivity index (χ3v) is 6.77. The van der Waals surface area contributed by atoms with E-state index in [1.54, 1.807) is 0 Å². The predicted octanol–water partition coefficient (Wildman–Crippen LogP) is 3.68. The van der Waals surface area contributed by atoms with Gasteiger partial charge in [-0.15, -0.1) is 0 Å². The van der Waals surface area contributed by atoms with Gasteiger partial charge >= 0.3 is 7.82 Å². The van der Waals surface area contributed by atoms with E-state index >= 15 is 0 Å². The Balaban J connectivity index is 1.56. The summed E-state index contributed by atoms with van der Waals surface area (Å²) in [5.74, 6) is 1.09. The van der Waals surface area contributed by atoms with Crippen LogP contribution < -0.4 is 5.73 Å². The van der Waals surface area contributed by atoms with Crippen LogP contribution in [0.25, 0.3) is 0 Å². The molecule has 0 aliphatic heterocycles. The van der Waals surface area contributed by atoms with Crippen molar-refractivity contribution in [1.82, 2.24) is 0 Å². The molecule has 4 N–H and O–H groups in total. The first-order chi connectivity index (χ1) is 13.3. The van der Waals surface area contributed by atoms with Crippen LogP contribution in [0.5, 0.6) is 0 Å². The van der Waals surface area contributed by atoms with Crippen molar-refractivity contribution in [3.63, 3.8) is 0 Å². The molecule has 0 aromatic heterocycles. The van der Waals surface area contributed by atoms with Crippen molar-refractivity contribution in [2.75, 3.05) is 19.8 Å². The van der Waals surface area contributed by atoms with Gasteiger partial charge < -0.3 is 20.3 Å². The highest BCUT2D eigenvalue weighted by Gasteiger charge is 2.38. The van der Waals surface area contributed by atoms with Gasteiger partial charge in [-0.25, -0.2) is 4.57 Å². The lowest BCUT2D eigenvalue weighted by Crippen LogP contribution is -2.41. The van der Waals surface area contributed by atoms with Crippen molar-refractivity contribution in [2.24, 2.45) is 11.7 Å². The molecule has 158 valence electrons. The number of aryl methyl sites for hydroxylation is 1. The minimum atomic E-state index is -4.47. The minimum absolute atomic E-state index is 0.0951. The molecule has 3 atom stereocenters. The smallest absolute Gasteiger partial charge is 0.382 e. The molecule has 1 saturated carbocycles. The molecule has 2 aliphatic carbocycles. The Kier molecular flexibility index (Phi) is 7.35. The average molecular weight is 411 g/mol. The van der Waals surface area contributed by atoms with Gasteiger partial charge in [0.1, 0.15) is 0 Å². The first-order valence-corrected chi connectivity index (χ1v) is 12.0. The molecule has 1 aromatic carbocycles. The molecule has 0 spiro atoms. The number of fused-ring (bicyclic) bond motifs is 1. The highest BCUT2D eigenvalue weighted by molar-refractivity contribution is 7.46. The summed E-state index contributed by atoms with van der Waals surface area (Å²) in [5, 5.41) is 0. The second-order valence-corrected chi connectivity index (χ2v) is 9.78. The third kappa shape index (κ3) is 6.12. The Morgan fingerprint density at radius 2 is 2.11 bits per heavy atom. The topological polar surface area (TPSA) is 102 Å². The highest BCUT2D eigenvalue weighted by atomic mass is 31.2. The molecule has 1 aromatic rings. The molecular weight excluding hydrogens is 377 g/mol. The molecule has 1 fully saturated rings. The van der Waals surface area contributed by atoms with Crippen molar-refractivity contribution in [3.05, 3.63) is 34.9 Å². The van der Waals surface area contributed by atoms with Gasteiger partial charge in [-0.05, 0) is 86.8 Å². The maximum absolute atomic E-state index is 11.0. The number of hydrogen-bond donors (Lipinski definition) is 3. The van der Waals surface area contributed by atoms with E-state index in [-0.39, 0.29) is 6.61 Å². The first kappa shape index (κ1) is 21.9. The van der Waals surface area contributed by atoms with Gasteiger partial charge in [0.2, 0.25) is 0 Å². The summed E-state index contributed by atoms with van der Waals surface area (Å²) >= 11 is 0. The fraction of sp³-hybridized carbons (Fsp3) is 0.714. The maximum atomic E-state index is 11.0. The normalized spacial score (nSPS) is 27.7. The number of phosphoric acid groups is 1. The molecular formula is C21H34NO5P. The summed E-state index contributed by atoms with van der Waals surface area (Å²) in [4.78, 5) is 17.9. The van der Waals surface area contributed by atoms with Gasteiger partial charge in [0.15, 0.2) is 0 Å². The van der Waals surface area contributed by atoms with E-state index in [4.69, 9.17) is 20.3 Å². The number of hydrogen-bond acceptors (Lipinski definition) is 4. The second-order valence-electron chi connectivity index (χ2n) is 8.54. The van der Waals surface area contributed by atoms with Crippen LogP contribution in [0.4, 0.5) is 0 Å². The molecule has 7 heteroatoms. The van der Waals surface area contributed by atoms with Gasteiger partial charge in [-0.1, -0.05) is 18.2 Å². The SMILES string of the molecule is CCOCCC[C@H]1CCc2cc([C@H]3CC[C@](N)(COP(=O)(O)O)C3)ccc2C1. The Bertz CT molecular complexity index is 706. The number of rotatable bonds is 9. The van der Waals surface area contributed by atoms with Gasteiger partial charge in [-0.2, -0.15) is 0 Å². The number of ether oxygens (including phenoxy) is 1. The zero-order valence-corrected chi connectivity index (χ0v) is 17.7. The Morgan fingerprint density at radius 1 is 1.29 bits per heavy atom. The Labute approximate surface area is 168 Å². The molecule has 2 aliphatic rings. The first-order valence-electron chi connectivity index (χ1n) is 10.5. The molecule has 0 radical (unpaired) electrons. The monoisotopic (exact) mass is 411 g/mol.